The standard InChI is InChI=1S/C24H30BN/c1-14(2)17-7-8-22-20(9-17)13-23(25)26-24(22)21-11-18(15(3)4)10-19(12-21)16(5)6/h7-16H,25H2,1-6H3. The summed E-state index contributed by atoms with van der Waals surface area (Å²) in [6.45, 7) is 13.5. The maximum absolute atomic E-state index is 4.95. The molecular formula is C24H30BN. The first-order valence-electron chi connectivity index (χ1n) is 9.82. The molecule has 0 N–H and O–H groups in total. The lowest BCUT2D eigenvalue weighted by molar-refractivity contribution is 0.834. The maximum Gasteiger partial charge on any atom is 0.163 e. The topological polar surface area (TPSA) is 12.9 Å². The van der Waals surface area contributed by atoms with E-state index in [2.05, 4.69) is 91.9 Å². The minimum atomic E-state index is 0.510. The summed E-state index contributed by atoms with van der Waals surface area (Å²) < 4.78 is 0. The number of nitrogens with zero attached hydrogens (tertiary/aromatic N) is 1. The summed E-state index contributed by atoms with van der Waals surface area (Å²) in [7, 11) is 2.10. The zero-order chi connectivity index (χ0) is 19.0. The van der Waals surface area contributed by atoms with Crippen LogP contribution in [0, 0.1) is 0 Å². The second-order valence-electron chi connectivity index (χ2n) is 8.45. The van der Waals surface area contributed by atoms with Gasteiger partial charge in [-0.3, -0.25) is 4.98 Å². The van der Waals surface area contributed by atoms with E-state index in [0.29, 0.717) is 17.8 Å². The molecule has 3 rings (SSSR count). The van der Waals surface area contributed by atoms with Crippen LogP contribution in [0.25, 0.3) is 22.0 Å². The summed E-state index contributed by atoms with van der Waals surface area (Å²) in [6, 6.07) is 16.1. The van der Waals surface area contributed by atoms with Crippen molar-refractivity contribution < 1.29 is 0 Å². The average molecular weight is 343 g/mol. The van der Waals surface area contributed by atoms with Crippen molar-refractivity contribution in [1.82, 2.24) is 4.98 Å². The molecule has 1 nitrogen and oxygen atoms in total. The predicted molar refractivity (Wildman–Crippen MR) is 118 cm³/mol. The first-order chi connectivity index (χ1) is 12.3. The summed E-state index contributed by atoms with van der Waals surface area (Å²) in [5.41, 5.74) is 7.59. The van der Waals surface area contributed by atoms with Gasteiger partial charge in [0.2, 0.25) is 0 Å². The van der Waals surface area contributed by atoms with Gasteiger partial charge in [-0.15, -0.1) is 0 Å². The van der Waals surface area contributed by atoms with Gasteiger partial charge in [0.05, 0.1) is 5.69 Å². The molecule has 0 atom stereocenters. The maximum atomic E-state index is 4.95. The van der Waals surface area contributed by atoms with E-state index < -0.39 is 0 Å². The number of pyridine rings is 1. The number of aromatic nitrogens is 1. The molecule has 0 saturated heterocycles. The van der Waals surface area contributed by atoms with Gasteiger partial charge in [0.25, 0.3) is 0 Å². The number of fused-ring (bicyclic) bond motifs is 1. The van der Waals surface area contributed by atoms with Crippen LogP contribution in [0.4, 0.5) is 0 Å². The third-order valence-corrected chi connectivity index (χ3v) is 5.23. The fourth-order valence-electron chi connectivity index (χ4n) is 3.47. The van der Waals surface area contributed by atoms with Gasteiger partial charge in [-0.05, 0) is 63.6 Å². The van der Waals surface area contributed by atoms with E-state index >= 15 is 0 Å². The molecule has 0 fully saturated rings. The van der Waals surface area contributed by atoms with Crippen LogP contribution in [0.1, 0.15) is 76.0 Å². The van der Waals surface area contributed by atoms with Crippen molar-refractivity contribution in [3.63, 3.8) is 0 Å². The Bertz CT molecular complexity index is 912. The lowest BCUT2D eigenvalue weighted by atomic mass is 9.89. The van der Waals surface area contributed by atoms with E-state index in [9.17, 15) is 0 Å². The first kappa shape index (κ1) is 18.7. The lowest BCUT2D eigenvalue weighted by Crippen LogP contribution is -2.09. The van der Waals surface area contributed by atoms with Crippen LogP contribution < -0.4 is 5.59 Å². The predicted octanol–water partition coefficient (Wildman–Crippen LogP) is 5.53. The number of hydrogen-bond acceptors (Lipinski definition) is 1. The number of hydrogen-bond donors (Lipinski definition) is 0. The summed E-state index contributed by atoms with van der Waals surface area (Å²) in [5, 5.41) is 2.54. The van der Waals surface area contributed by atoms with Gasteiger partial charge < -0.3 is 0 Å². The van der Waals surface area contributed by atoms with Crippen molar-refractivity contribution in [1.29, 1.82) is 0 Å². The highest BCUT2D eigenvalue weighted by Gasteiger charge is 2.13. The number of rotatable bonds is 4. The second kappa shape index (κ2) is 7.27. The molecular weight excluding hydrogens is 313 g/mol. The smallest absolute Gasteiger partial charge is 0.163 e. The Balaban J connectivity index is 2.27. The molecule has 3 aromatic rings. The largest absolute Gasteiger partial charge is 0.263 e. The van der Waals surface area contributed by atoms with Crippen molar-refractivity contribution in [2.45, 2.75) is 59.3 Å². The van der Waals surface area contributed by atoms with Gasteiger partial charge in [0, 0.05) is 10.9 Å². The quantitative estimate of drug-likeness (QED) is 0.568. The van der Waals surface area contributed by atoms with E-state index in [1.807, 2.05) is 0 Å². The van der Waals surface area contributed by atoms with Gasteiger partial charge in [0.1, 0.15) is 0 Å². The molecule has 0 aliphatic heterocycles. The van der Waals surface area contributed by atoms with Gasteiger partial charge in [-0.25, -0.2) is 0 Å². The van der Waals surface area contributed by atoms with Crippen molar-refractivity contribution in [2.75, 3.05) is 0 Å². The van der Waals surface area contributed by atoms with Crippen LogP contribution in [0.15, 0.2) is 42.5 Å². The molecule has 1 aromatic heterocycles. The summed E-state index contributed by atoms with van der Waals surface area (Å²) in [4.78, 5) is 4.95. The molecule has 0 saturated carbocycles. The monoisotopic (exact) mass is 343 g/mol. The van der Waals surface area contributed by atoms with E-state index in [4.69, 9.17) is 4.98 Å². The van der Waals surface area contributed by atoms with E-state index in [0.717, 1.165) is 11.3 Å². The van der Waals surface area contributed by atoms with Crippen LogP contribution in [0.2, 0.25) is 0 Å². The van der Waals surface area contributed by atoms with Gasteiger partial charge >= 0.3 is 0 Å². The summed E-state index contributed by atoms with van der Waals surface area (Å²) >= 11 is 0. The van der Waals surface area contributed by atoms with Crippen LogP contribution in [0.5, 0.6) is 0 Å². The van der Waals surface area contributed by atoms with Crippen LogP contribution in [0.3, 0.4) is 0 Å². The van der Waals surface area contributed by atoms with Crippen LogP contribution in [-0.4, -0.2) is 12.8 Å². The number of benzene rings is 2. The molecule has 2 heteroatoms. The van der Waals surface area contributed by atoms with Crippen LogP contribution >= 0.6 is 0 Å². The zero-order valence-electron chi connectivity index (χ0n) is 17.2. The Morgan fingerprint density at radius 1 is 0.692 bits per heavy atom. The van der Waals surface area contributed by atoms with Crippen molar-refractivity contribution in [3.05, 3.63) is 59.2 Å². The molecule has 134 valence electrons. The average Bonchev–Trinajstić information content (AvgIpc) is 2.59. The third kappa shape index (κ3) is 3.70. The fraction of sp³-hybridized carbons (Fsp3) is 0.375. The van der Waals surface area contributed by atoms with Crippen molar-refractivity contribution in [2.24, 2.45) is 0 Å². The summed E-state index contributed by atoms with van der Waals surface area (Å²) in [5.74, 6) is 1.56. The third-order valence-electron chi connectivity index (χ3n) is 5.23. The zero-order valence-corrected chi connectivity index (χ0v) is 17.2. The highest BCUT2D eigenvalue weighted by atomic mass is 14.7. The Hall–Kier alpha value is -2.09. The van der Waals surface area contributed by atoms with E-state index in [-0.39, 0.29) is 0 Å². The first-order valence-corrected chi connectivity index (χ1v) is 9.82. The van der Waals surface area contributed by atoms with Crippen molar-refractivity contribution >= 4 is 24.2 Å². The lowest BCUT2D eigenvalue weighted by Gasteiger charge is -2.16. The van der Waals surface area contributed by atoms with Crippen molar-refractivity contribution in [3.8, 4) is 11.3 Å². The van der Waals surface area contributed by atoms with Gasteiger partial charge in [0.15, 0.2) is 7.85 Å². The molecule has 1 heterocycles. The molecule has 0 aliphatic rings. The molecule has 2 aromatic carbocycles. The van der Waals surface area contributed by atoms with Crippen LogP contribution in [-0.2, 0) is 0 Å². The molecule has 0 unspecified atom stereocenters. The fourth-order valence-corrected chi connectivity index (χ4v) is 3.47. The Morgan fingerprint density at radius 2 is 1.27 bits per heavy atom. The Kier molecular flexibility index (Phi) is 5.23. The molecule has 26 heavy (non-hydrogen) atoms. The highest BCUT2D eigenvalue weighted by Crippen LogP contribution is 2.32. The Morgan fingerprint density at radius 3 is 1.81 bits per heavy atom. The molecule has 0 bridgehead atoms. The summed E-state index contributed by atoms with van der Waals surface area (Å²) in [6.07, 6.45) is 0. The minimum Gasteiger partial charge on any atom is -0.263 e. The van der Waals surface area contributed by atoms with Gasteiger partial charge in [-0.2, -0.15) is 0 Å². The molecule has 0 aliphatic carbocycles. The molecule has 0 amide bonds. The Labute approximate surface area is 159 Å². The van der Waals surface area contributed by atoms with E-state index in [1.54, 1.807) is 0 Å². The highest BCUT2D eigenvalue weighted by molar-refractivity contribution is 6.32. The van der Waals surface area contributed by atoms with E-state index in [1.165, 1.54) is 33.0 Å². The normalized spacial score (nSPS) is 11.9. The molecule has 0 spiro atoms. The SMILES string of the molecule is Bc1cc2cc(C(C)C)ccc2c(-c2cc(C(C)C)cc(C(C)C)c2)n1. The molecule has 0 radical (unpaired) electrons. The second-order valence-corrected chi connectivity index (χ2v) is 8.45. The minimum absolute atomic E-state index is 0.510. The van der Waals surface area contributed by atoms with Gasteiger partial charge in [-0.1, -0.05) is 65.8 Å².